The van der Waals surface area contributed by atoms with Gasteiger partial charge in [0.25, 0.3) is 5.89 Å². The molecule has 2 N–H and O–H groups in total. The molecule has 1 fully saturated rings. The number of anilines is 1. The molecule has 0 aliphatic heterocycles. The van der Waals surface area contributed by atoms with Crippen LogP contribution in [0.15, 0.2) is 33.3 Å². The monoisotopic (exact) mass is 378 g/mol. The van der Waals surface area contributed by atoms with E-state index in [1.54, 1.807) is 6.92 Å². The number of rotatable bonds is 3. The Hall–Kier alpha value is -1.89. The van der Waals surface area contributed by atoms with Crippen LogP contribution in [-0.4, -0.2) is 16.2 Å². The highest BCUT2D eigenvalue weighted by Gasteiger charge is 2.40. The van der Waals surface area contributed by atoms with Crippen molar-refractivity contribution in [2.75, 3.05) is 5.32 Å². The van der Waals surface area contributed by atoms with Gasteiger partial charge in [0, 0.05) is 4.47 Å². The minimum absolute atomic E-state index is 0.269. The molecule has 1 aliphatic rings. The summed E-state index contributed by atoms with van der Waals surface area (Å²) in [5, 5.41) is 9.82. The van der Waals surface area contributed by atoms with Crippen LogP contribution in [0.2, 0.25) is 0 Å². The molecule has 2 aromatic rings. The first kappa shape index (κ1) is 16.0. The molecule has 1 aromatic carbocycles. The summed E-state index contributed by atoms with van der Waals surface area (Å²) in [6.07, 6.45) is 4.81. The molecule has 6 nitrogen and oxygen atoms in total. The van der Waals surface area contributed by atoms with E-state index in [2.05, 4.69) is 36.7 Å². The third-order valence-corrected chi connectivity index (χ3v) is 4.81. The number of carbonyl (C=O) groups excluding carboxylic acids is 1. The molecular weight excluding hydrogens is 360 g/mol. The quantitative estimate of drug-likeness (QED) is 0.841. The third kappa shape index (κ3) is 3.55. The van der Waals surface area contributed by atoms with E-state index in [0.717, 1.165) is 42.3 Å². The van der Waals surface area contributed by atoms with E-state index in [-0.39, 0.29) is 6.03 Å². The van der Waals surface area contributed by atoms with Gasteiger partial charge in [-0.2, -0.15) is 4.98 Å². The third-order valence-electron chi connectivity index (χ3n) is 4.12. The van der Waals surface area contributed by atoms with Gasteiger partial charge in [0.1, 0.15) is 5.54 Å². The van der Waals surface area contributed by atoms with Gasteiger partial charge in [-0.1, -0.05) is 36.6 Å². The molecule has 1 heterocycles. The molecule has 1 aromatic heterocycles. The number of benzene rings is 1. The van der Waals surface area contributed by atoms with Crippen LogP contribution in [0.4, 0.5) is 10.5 Å². The number of nitrogens with zero attached hydrogens (tertiary/aromatic N) is 2. The zero-order valence-corrected chi connectivity index (χ0v) is 14.5. The maximum Gasteiger partial charge on any atom is 0.320 e. The molecule has 7 heteroatoms. The fourth-order valence-corrected chi connectivity index (χ4v) is 3.36. The van der Waals surface area contributed by atoms with Crippen LogP contribution in [0.25, 0.3) is 0 Å². The second-order valence-electron chi connectivity index (χ2n) is 5.85. The minimum atomic E-state index is -0.579. The van der Waals surface area contributed by atoms with E-state index in [4.69, 9.17) is 4.52 Å². The van der Waals surface area contributed by atoms with Crippen molar-refractivity contribution in [1.82, 2.24) is 15.5 Å². The van der Waals surface area contributed by atoms with E-state index < -0.39 is 5.54 Å². The van der Waals surface area contributed by atoms with Gasteiger partial charge < -0.3 is 15.2 Å². The van der Waals surface area contributed by atoms with Crippen molar-refractivity contribution in [3.63, 3.8) is 0 Å². The second kappa shape index (κ2) is 6.70. The highest BCUT2D eigenvalue weighted by molar-refractivity contribution is 9.10. The lowest BCUT2D eigenvalue weighted by atomic mass is 9.81. The summed E-state index contributed by atoms with van der Waals surface area (Å²) in [6, 6.07) is 7.23. The fraction of sp³-hybridized carbons (Fsp3) is 0.438. The van der Waals surface area contributed by atoms with Crippen LogP contribution in [0, 0.1) is 6.92 Å². The number of aryl methyl sites for hydroxylation is 1. The molecule has 2 amide bonds. The largest absolute Gasteiger partial charge is 0.337 e. The number of halogens is 1. The summed E-state index contributed by atoms with van der Waals surface area (Å²) in [7, 11) is 0. The van der Waals surface area contributed by atoms with Crippen LogP contribution in [0.1, 0.15) is 43.8 Å². The number of hydrogen-bond acceptors (Lipinski definition) is 4. The molecule has 0 spiro atoms. The normalized spacial score (nSPS) is 16.8. The van der Waals surface area contributed by atoms with Crippen molar-refractivity contribution in [3.8, 4) is 0 Å². The molecule has 0 saturated heterocycles. The second-order valence-corrected chi connectivity index (χ2v) is 6.70. The molecule has 1 aliphatic carbocycles. The molecule has 1 saturated carbocycles. The fourth-order valence-electron chi connectivity index (χ4n) is 2.97. The predicted molar refractivity (Wildman–Crippen MR) is 90.1 cm³/mol. The van der Waals surface area contributed by atoms with Gasteiger partial charge in [0.15, 0.2) is 5.82 Å². The van der Waals surface area contributed by atoms with Gasteiger partial charge in [-0.25, -0.2) is 4.79 Å². The summed E-state index contributed by atoms with van der Waals surface area (Å²) in [5.41, 5.74) is 0.142. The van der Waals surface area contributed by atoms with Crippen molar-refractivity contribution in [1.29, 1.82) is 0 Å². The van der Waals surface area contributed by atoms with Gasteiger partial charge in [0.05, 0.1) is 5.69 Å². The molecule has 0 bridgehead atoms. The van der Waals surface area contributed by atoms with E-state index in [1.165, 1.54) is 0 Å². The zero-order chi connectivity index (χ0) is 16.3. The van der Waals surface area contributed by atoms with Crippen LogP contribution >= 0.6 is 15.9 Å². The first-order valence-electron chi connectivity index (χ1n) is 7.74. The van der Waals surface area contributed by atoms with E-state index in [9.17, 15) is 4.79 Å². The number of urea groups is 1. The molecule has 0 atom stereocenters. The molecular formula is C16H19BrN4O2. The smallest absolute Gasteiger partial charge is 0.320 e. The van der Waals surface area contributed by atoms with Crippen LogP contribution in [-0.2, 0) is 5.54 Å². The van der Waals surface area contributed by atoms with Crippen molar-refractivity contribution in [3.05, 3.63) is 40.5 Å². The van der Waals surface area contributed by atoms with Gasteiger partial charge >= 0.3 is 6.03 Å². The average Bonchev–Trinajstić information content (AvgIpc) is 2.98. The average molecular weight is 379 g/mol. The number of para-hydroxylation sites is 1. The Morgan fingerprint density at radius 2 is 2.00 bits per heavy atom. The van der Waals surface area contributed by atoms with Crippen LogP contribution in [0.3, 0.4) is 0 Å². The zero-order valence-electron chi connectivity index (χ0n) is 12.9. The molecule has 0 unspecified atom stereocenters. The molecule has 3 rings (SSSR count). The van der Waals surface area contributed by atoms with Crippen molar-refractivity contribution < 1.29 is 9.32 Å². The Kier molecular flexibility index (Phi) is 4.66. The maximum absolute atomic E-state index is 12.5. The standard InChI is InChI=1S/C16H19BrN4O2/c1-11-18-14(23-21-11)16(9-5-2-6-10-16)20-15(22)19-13-8-4-3-7-12(13)17/h3-4,7-8H,2,5-6,9-10H2,1H3,(H2,19,20,22). The topological polar surface area (TPSA) is 80.0 Å². The van der Waals surface area contributed by atoms with Crippen molar-refractivity contribution in [2.45, 2.75) is 44.6 Å². The van der Waals surface area contributed by atoms with E-state index >= 15 is 0 Å². The Morgan fingerprint density at radius 1 is 1.26 bits per heavy atom. The molecule has 23 heavy (non-hydrogen) atoms. The van der Waals surface area contributed by atoms with Gasteiger partial charge in [0.2, 0.25) is 0 Å². The number of aromatic nitrogens is 2. The number of carbonyl (C=O) groups is 1. The van der Waals surface area contributed by atoms with Crippen LogP contribution < -0.4 is 10.6 Å². The molecule has 0 radical (unpaired) electrons. The maximum atomic E-state index is 12.5. The lowest BCUT2D eigenvalue weighted by Crippen LogP contribution is -2.49. The first-order valence-corrected chi connectivity index (χ1v) is 8.53. The Morgan fingerprint density at radius 3 is 2.65 bits per heavy atom. The first-order chi connectivity index (χ1) is 11.1. The predicted octanol–water partition coefficient (Wildman–Crippen LogP) is 4.12. The minimum Gasteiger partial charge on any atom is -0.337 e. The lowest BCUT2D eigenvalue weighted by molar-refractivity contribution is 0.173. The van der Waals surface area contributed by atoms with Crippen molar-refractivity contribution >= 4 is 27.6 Å². The number of amides is 2. The summed E-state index contributed by atoms with van der Waals surface area (Å²) in [4.78, 5) is 16.8. The summed E-state index contributed by atoms with van der Waals surface area (Å²) < 4.78 is 6.20. The van der Waals surface area contributed by atoms with Crippen LogP contribution in [0.5, 0.6) is 0 Å². The highest BCUT2D eigenvalue weighted by atomic mass is 79.9. The van der Waals surface area contributed by atoms with Crippen molar-refractivity contribution in [2.24, 2.45) is 0 Å². The lowest BCUT2D eigenvalue weighted by Gasteiger charge is -2.34. The molecule has 122 valence electrons. The van der Waals surface area contributed by atoms with Gasteiger partial charge in [-0.05, 0) is 47.8 Å². The summed E-state index contributed by atoms with van der Waals surface area (Å²) >= 11 is 3.43. The summed E-state index contributed by atoms with van der Waals surface area (Å²) in [6.45, 7) is 1.78. The van der Waals surface area contributed by atoms with Gasteiger partial charge in [-0.3, -0.25) is 0 Å². The SMILES string of the molecule is Cc1noc(C2(NC(=O)Nc3ccccc3Br)CCCCC2)n1. The number of nitrogens with one attached hydrogen (secondary N) is 2. The summed E-state index contributed by atoms with van der Waals surface area (Å²) in [5.74, 6) is 1.08. The Bertz CT molecular complexity index is 695. The van der Waals surface area contributed by atoms with E-state index in [1.807, 2.05) is 24.3 Å². The number of hydrogen-bond donors (Lipinski definition) is 2. The highest BCUT2D eigenvalue weighted by Crippen LogP contribution is 2.36. The van der Waals surface area contributed by atoms with Gasteiger partial charge in [-0.15, -0.1) is 0 Å². The van der Waals surface area contributed by atoms with E-state index in [0.29, 0.717) is 11.7 Å². The Labute approximate surface area is 143 Å². The Balaban J connectivity index is 1.79.